The van der Waals surface area contributed by atoms with E-state index in [-0.39, 0.29) is 5.91 Å². The molecule has 1 aromatic heterocycles. The average Bonchev–Trinajstić information content (AvgIpc) is 3.16. The Morgan fingerprint density at radius 2 is 1.80 bits per heavy atom. The van der Waals surface area contributed by atoms with Crippen LogP contribution in [0.15, 0.2) is 78.9 Å². The van der Waals surface area contributed by atoms with Gasteiger partial charge in [0.25, 0.3) is 5.91 Å². The summed E-state index contributed by atoms with van der Waals surface area (Å²) in [5.41, 5.74) is 5.53. The highest BCUT2D eigenvalue weighted by molar-refractivity contribution is 7.21. The van der Waals surface area contributed by atoms with Gasteiger partial charge in [0.05, 0.1) is 10.2 Å². The van der Waals surface area contributed by atoms with Crippen LogP contribution in [0.1, 0.15) is 22.8 Å². The van der Waals surface area contributed by atoms with Crippen LogP contribution in [-0.4, -0.2) is 17.5 Å². The number of aromatic nitrogens is 1. The fraction of sp³-hybridized carbons (Fsp3) is 0.120. The molecule has 150 valence electrons. The third-order valence-corrected chi connectivity index (χ3v) is 5.60. The maximum Gasteiger partial charge on any atom is 0.255 e. The van der Waals surface area contributed by atoms with E-state index < -0.39 is 0 Å². The summed E-state index contributed by atoms with van der Waals surface area (Å²) in [5.74, 6) is 0.551. The number of amides is 1. The van der Waals surface area contributed by atoms with Crippen molar-refractivity contribution >= 4 is 33.1 Å². The third-order valence-electron chi connectivity index (χ3n) is 4.54. The van der Waals surface area contributed by atoms with Gasteiger partial charge in [-0.1, -0.05) is 12.6 Å². The summed E-state index contributed by atoms with van der Waals surface area (Å²) in [4.78, 5) is 17.2. The molecule has 1 heterocycles. The van der Waals surface area contributed by atoms with Gasteiger partial charge in [0, 0.05) is 16.8 Å². The largest absolute Gasteiger partial charge is 0.489 e. The number of anilines is 1. The van der Waals surface area contributed by atoms with Gasteiger partial charge in [-0.2, -0.15) is 0 Å². The Labute approximate surface area is 179 Å². The highest BCUT2D eigenvalue weighted by atomic mass is 32.1. The van der Waals surface area contributed by atoms with Crippen molar-refractivity contribution in [1.82, 2.24) is 4.98 Å². The van der Waals surface area contributed by atoms with Crippen LogP contribution in [0.5, 0.6) is 5.75 Å². The van der Waals surface area contributed by atoms with E-state index in [0.717, 1.165) is 27.3 Å². The predicted octanol–water partition coefficient (Wildman–Crippen LogP) is 6.48. The molecule has 0 unspecified atom stereocenters. The van der Waals surface area contributed by atoms with Crippen LogP contribution in [0.4, 0.5) is 5.69 Å². The second kappa shape index (κ2) is 8.51. The molecule has 1 amide bonds. The Bertz CT molecular complexity index is 1210. The fourth-order valence-electron chi connectivity index (χ4n) is 2.96. The molecule has 5 heteroatoms. The molecule has 30 heavy (non-hydrogen) atoms. The van der Waals surface area contributed by atoms with Crippen molar-refractivity contribution in [3.8, 4) is 16.3 Å². The van der Waals surface area contributed by atoms with Crippen molar-refractivity contribution < 1.29 is 9.53 Å². The summed E-state index contributed by atoms with van der Waals surface area (Å²) >= 11 is 1.67. The van der Waals surface area contributed by atoms with Crippen LogP contribution in [0.2, 0.25) is 0 Å². The minimum atomic E-state index is -0.162. The summed E-state index contributed by atoms with van der Waals surface area (Å²) in [6.45, 7) is 8.26. The number of rotatable bonds is 6. The average molecular weight is 415 g/mol. The summed E-state index contributed by atoms with van der Waals surface area (Å²) < 4.78 is 6.75. The van der Waals surface area contributed by atoms with Crippen molar-refractivity contribution in [2.24, 2.45) is 0 Å². The van der Waals surface area contributed by atoms with Crippen molar-refractivity contribution in [1.29, 1.82) is 0 Å². The molecule has 0 spiro atoms. The SMILES string of the molecule is C=C(C)COc1ccc(C(=O)Nc2ccc(-c3nc4ccc(C)cc4s3)cc2)cc1. The molecule has 0 fully saturated rings. The molecular weight excluding hydrogens is 392 g/mol. The van der Waals surface area contributed by atoms with Crippen molar-refractivity contribution in [3.05, 3.63) is 90.0 Å². The van der Waals surface area contributed by atoms with Gasteiger partial charge < -0.3 is 10.1 Å². The maximum absolute atomic E-state index is 12.5. The summed E-state index contributed by atoms with van der Waals surface area (Å²) in [6, 6.07) is 21.1. The van der Waals surface area contributed by atoms with Gasteiger partial charge in [0.15, 0.2) is 0 Å². The molecule has 0 saturated carbocycles. The second-order valence-corrected chi connectivity index (χ2v) is 8.32. The Balaban J connectivity index is 1.43. The number of nitrogens with zero attached hydrogens (tertiary/aromatic N) is 1. The van der Waals surface area contributed by atoms with E-state index in [1.807, 2.05) is 37.3 Å². The fourth-order valence-corrected chi connectivity index (χ4v) is 4.03. The molecule has 4 rings (SSSR count). The minimum absolute atomic E-state index is 0.162. The lowest BCUT2D eigenvalue weighted by Gasteiger charge is -2.08. The molecule has 0 atom stereocenters. The number of aryl methyl sites for hydroxylation is 1. The van der Waals surface area contributed by atoms with Crippen LogP contribution in [0.25, 0.3) is 20.8 Å². The number of thiazole rings is 1. The molecule has 0 aliphatic heterocycles. The zero-order valence-corrected chi connectivity index (χ0v) is 17.8. The highest BCUT2D eigenvalue weighted by Crippen LogP contribution is 2.31. The zero-order chi connectivity index (χ0) is 21.1. The molecule has 0 bridgehead atoms. The molecule has 3 aromatic carbocycles. The summed E-state index contributed by atoms with van der Waals surface area (Å²) in [6.07, 6.45) is 0. The highest BCUT2D eigenvalue weighted by Gasteiger charge is 2.09. The van der Waals surface area contributed by atoms with Gasteiger partial charge >= 0.3 is 0 Å². The Hall–Kier alpha value is -3.44. The van der Waals surface area contributed by atoms with Crippen molar-refractivity contribution in [3.63, 3.8) is 0 Å². The molecule has 0 saturated heterocycles. The summed E-state index contributed by atoms with van der Waals surface area (Å²) in [5, 5.41) is 3.90. The topological polar surface area (TPSA) is 51.2 Å². The lowest BCUT2D eigenvalue weighted by Crippen LogP contribution is -2.11. The van der Waals surface area contributed by atoms with E-state index in [1.54, 1.807) is 35.6 Å². The van der Waals surface area contributed by atoms with Crippen LogP contribution < -0.4 is 10.1 Å². The lowest BCUT2D eigenvalue weighted by molar-refractivity contribution is 0.102. The molecule has 0 aliphatic rings. The molecule has 0 radical (unpaired) electrons. The number of nitrogens with one attached hydrogen (secondary N) is 1. The number of ether oxygens (including phenoxy) is 1. The second-order valence-electron chi connectivity index (χ2n) is 7.29. The van der Waals surface area contributed by atoms with E-state index in [2.05, 4.69) is 31.0 Å². The van der Waals surface area contributed by atoms with Crippen LogP contribution in [-0.2, 0) is 0 Å². The number of carbonyl (C=O) groups excluding carboxylic acids is 1. The molecular formula is C25H22N2O2S. The van der Waals surface area contributed by atoms with E-state index >= 15 is 0 Å². The first-order valence-electron chi connectivity index (χ1n) is 9.64. The van der Waals surface area contributed by atoms with E-state index in [0.29, 0.717) is 17.9 Å². The van der Waals surface area contributed by atoms with Crippen molar-refractivity contribution in [2.75, 3.05) is 11.9 Å². The summed E-state index contributed by atoms with van der Waals surface area (Å²) in [7, 11) is 0. The van der Waals surface area contributed by atoms with Crippen molar-refractivity contribution in [2.45, 2.75) is 13.8 Å². The van der Waals surface area contributed by atoms with Crippen LogP contribution >= 0.6 is 11.3 Å². The number of carbonyl (C=O) groups is 1. The van der Waals surface area contributed by atoms with E-state index in [1.165, 1.54) is 10.3 Å². The number of fused-ring (bicyclic) bond motifs is 1. The molecule has 0 aliphatic carbocycles. The first-order valence-corrected chi connectivity index (χ1v) is 10.5. The molecule has 4 nitrogen and oxygen atoms in total. The van der Waals surface area contributed by atoms with E-state index in [9.17, 15) is 4.79 Å². The van der Waals surface area contributed by atoms with Gasteiger partial charge in [0.2, 0.25) is 0 Å². The normalized spacial score (nSPS) is 10.7. The van der Waals surface area contributed by atoms with Gasteiger partial charge in [-0.15, -0.1) is 11.3 Å². The predicted molar refractivity (Wildman–Crippen MR) is 124 cm³/mol. The van der Waals surface area contributed by atoms with E-state index in [4.69, 9.17) is 9.72 Å². The molecule has 1 N–H and O–H groups in total. The molecule has 4 aromatic rings. The van der Waals surface area contributed by atoms with Gasteiger partial charge in [-0.3, -0.25) is 4.79 Å². The number of hydrogen-bond acceptors (Lipinski definition) is 4. The number of hydrogen-bond donors (Lipinski definition) is 1. The van der Waals surface area contributed by atoms with Gasteiger partial charge in [0.1, 0.15) is 17.4 Å². The first kappa shape index (κ1) is 19.9. The van der Waals surface area contributed by atoms with Gasteiger partial charge in [-0.25, -0.2) is 4.98 Å². The Morgan fingerprint density at radius 1 is 1.07 bits per heavy atom. The lowest BCUT2D eigenvalue weighted by atomic mass is 10.2. The van der Waals surface area contributed by atoms with Crippen LogP contribution in [0.3, 0.4) is 0 Å². The Morgan fingerprint density at radius 3 is 2.50 bits per heavy atom. The first-order chi connectivity index (χ1) is 14.5. The monoisotopic (exact) mass is 414 g/mol. The minimum Gasteiger partial charge on any atom is -0.489 e. The number of benzene rings is 3. The zero-order valence-electron chi connectivity index (χ0n) is 16.9. The van der Waals surface area contributed by atoms with Crippen LogP contribution in [0, 0.1) is 6.92 Å². The quantitative estimate of drug-likeness (QED) is 0.367. The third kappa shape index (κ3) is 4.58. The smallest absolute Gasteiger partial charge is 0.255 e. The standard InChI is InChI=1S/C25H22N2O2S/c1-16(2)15-29-21-11-7-18(8-12-21)24(28)26-20-9-5-19(6-10-20)25-27-22-13-4-17(3)14-23(22)30-25/h4-14H,1,15H2,2-3H3,(H,26,28). The maximum atomic E-state index is 12.5. The van der Waals surface area contributed by atoms with Gasteiger partial charge in [-0.05, 0) is 85.6 Å². The Kier molecular flexibility index (Phi) is 5.63.